The van der Waals surface area contributed by atoms with Gasteiger partial charge in [0, 0.05) is 0 Å². The third-order valence-corrected chi connectivity index (χ3v) is 4.59. The summed E-state index contributed by atoms with van der Waals surface area (Å²) in [4.78, 5) is 12.4. The zero-order valence-corrected chi connectivity index (χ0v) is 15.3. The minimum Gasteiger partial charge on any atom is -0.482 e. The molecule has 136 valence electrons. The number of ether oxygens (including phenoxy) is 1. The molecular formula is C18H16N6O2S. The first kappa shape index (κ1) is 17.1. The molecule has 0 aliphatic heterocycles. The molecule has 0 spiro atoms. The van der Waals surface area contributed by atoms with Crippen molar-refractivity contribution in [1.82, 2.24) is 23.5 Å². The minimum absolute atomic E-state index is 0.130. The summed E-state index contributed by atoms with van der Waals surface area (Å²) in [5.41, 5.74) is 3.99. The molecule has 0 saturated heterocycles. The molecule has 8 nitrogen and oxygen atoms in total. The Morgan fingerprint density at radius 1 is 1.19 bits per heavy atom. The molecule has 1 amide bonds. The summed E-state index contributed by atoms with van der Waals surface area (Å²) in [6.45, 7) is 1.95. The number of hydrogen-bond donors (Lipinski definition) is 1. The second-order valence-electron chi connectivity index (χ2n) is 5.80. The van der Waals surface area contributed by atoms with Gasteiger partial charge in [0.15, 0.2) is 6.61 Å². The molecule has 9 heteroatoms. The van der Waals surface area contributed by atoms with Crippen molar-refractivity contribution < 1.29 is 9.53 Å². The van der Waals surface area contributed by atoms with Crippen molar-refractivity contribution >= 4 is 34.4 Å². The van der Waals surface area contributed by atoms with Gasteiger partial charge < -0.3 is 10.1 Å². The van der Waals surface area contributed by atoms with Crippen LogP contribution in [0.3, 0.4) is 0 Å². The minimum atomic E-state index is -0.273. The van der Waals surface area contributed by atoms with Crippen molar-refractivity contribution in [3.05, 3.63) is 54.6 Å². The molecule has 0 saturated carbocycles. The molecule has 0 fully saturated rings. The monoisotopic (exact) mass is 380 g/mol. The van der Waals surface area contributed by atoms with Crippen LogP contribution in [-0.2, 0) is 11.2 Å². The summed E-state index contributed by atoms with van der Waals surface area (Å²) < 4.78 is 15.9. The van der Waals surface area contributed by atoms with Crippen LogP contribution >= 0.6 is 11.7 Å². The van der Waals surface area contributed by atoms with Gasteiger partial charge in [0.2, 0.25) is 0 Å². The number of hydrogen-bond acceptors (Lipinski definition) is 7. The number of anilines is 1. The number of carbonyl (C=O) groups is 1. The number of fused-ring (bicyclic) bond motifs is 1. The fourth-order valence-corrected chi connectivity index (χ4v) is 3.22. The Labute approximate surface area is 159 Å². The number of benzene rings is 2. The SMILES string of the molecule is CCc1ccc(OCC(=O)Nc2cccc3nsnc23)c(-n2cnnc2)c1. The van der Waals surface area contributed by atoms with Crippen molar-refractivity contribution in [2.45, 2.75) is 13.3 Å². The first-order valence-corrected chi connectivity index (χ1v) is 9.09. The second kappa shape index (κ2) is 7.50. The highest BCUT2D eigenvalue weighted by Crippen LogP contribution is 2.25. The van der Waals surface area contributed by atoms with Crippen molar-refractivity contribution in [2.24, 2.45) is 0 Å². The molecule has 1 N–H and O–H groups in total. The molecule has 2 aromatic carbocycles. The van der Waals surface area contributed by atoms with Crippen LogP contribution in [-0.4, -0.2) is 36.0 Å². The lowest BCUT2D eigenvalue weighted by molar-refractivity contribution is -0.118. The van der Waals surface area contributed by atoms with E-state index in [9.17, 15) is 4.79 Å². The van der Waals surface area contributed by atoms with Gasteiger partial charge in [0.05, 0.1) is 23.1 Å². The predicted molar refractivity (Wildman–Crippen MR) is 102 cm³/mol. The number of nitrogens with one attached hydrogen (secondary N) is 1. The van der Waals surface area contributed by atoms with Crippen LogP contribution in [0, 0.1) is 0 Å². The molecule has 0 aliphatic carbocycles. The fraction of sp³-hybridized carbons (Fsp3) is 0.167. The second-order valence-corrected chi connectivity index (χ2v) is 6.33. The van der Waals surface area contributed by atoms with Crippen molar-refractivity contribution in [3.63, 3.8) is 0 Å². The van der Waals surface area contributed by atoms with E-state index in [1.165, 1.54) is 0 Å². The number of nitrogens with zero attached hydrogens (tertiary/aromatic N) is 5. The number of amides is 1. The fourth-order valence-electron chi connectivity index (χ4n) is 2.67. The molecular weight excluding hydrogens is 364 g/mol. The van der Waals surface area contributed by atoms with Gasteiger partial charge in [-0.15, -0.1) is 10.2 Å². The Kier molecular flexibility index (Phi) is 4.75. The van der Waals surface area contributed by atoms with Crippen molar-refractivity contribution in [2.75, 3.05) is 11.9 Å². The molecule has 0 bridgehead atoms. The summed E-state index contributed by atoms with van der Waals surface area (Å²) in [5, 5.41) is 10.5. The number of aryl methyl sites for hydroxylation is 1. The molecule has 4 aromatic rings. The van der Waals surface area contributed by atoms with E-state index in [-0.39, 0.29) is 12.5 Å². The van der Waals surface area contributed by atoms with Gasteiger partial charge in [-0.3, -0.25) is 9.36 Å². The quantitative estimate of drug-likeness (QED) is 0.553. The summed E-state index contributed by atoms with van der Waals surface area (Å²) in [7, 11) is 0. The highest BCUT2D eigenvalue weighted by Gasteiger charge is 2.12. The number of carbonyl (C=O) groups excluding carboxylic acids is 1. The maximum absolute atomic E-state index is 12.4. The predicted octanol–water partition coefficient (Wildman–Crippen LogP) is 2.85. The van der Waals surface area contributed by atoms with E-state index in [1.807, 2.05) is 30.3 Å². The van der Waals surface area contributed by atoms with Crippen LogP contribution in [0.4, 0.5) is 5.69 Å². The van der Waals surface area contributed by atoms with Crippen LogP contribution < -0.4 is 10.1 Å². The van der Waals surface area contributed by atoms with Crippen LogP contribution in [0.2, 0.25) is 0 Å². The average molecular weight is 380 g/mol. The van der Waals surface area contributed by atoms with Crippen molar-refractivity contribution in [3.8, 4) is 11.4 Å². The smallest absolute Gasteiger partial charge is 0.262 e. The van der Waals surface area contributed by atoms with Crippen LogP contribution in [0.1, 0.15) is 12.5 Å². The first-order valence-electron chi connectivity index (χ1n) is 8.36. The van der Waals surface area contributed by atoms with Gasteiger partial charge in [-0.05, 0) is 36.2 Å². The topological polar surface area (TPSA) is 94.8 Å². The Bertz CT molecular complexity index is 1080. The van der Waals surface area contributed by atoms with Gasteiger partial charge >= 0.3 is 0 Å². The average Bonchev–Trinajstić information content (AvgIpc) is 3.38. The molecule has 0 radical (unpaired) electrons. The lowest BCUT2D eigenvalue weighted by Gasteiger charge is -2.13. The lowest BCUT2D eigenvalue weighted by atomic mass is 10.1. The Morgan fingerprint density at radius 2 is 2.04 bits per heavy atom. The van der Waals surface area contributed by atoms with Gasteiger partial charge in [-0.25, -0.2) is 0 Å². The van der Waals surface area contributed by atoms with Crippen molar-refractivity contribution in [1.29, 1.82) is 0 Å². The maximum atomic E-state index is 12.4. The summed E-state index contributed by atoms with van der Waals surface area (Å²) in [6, 6.07) is 11.3. The van der Waals surface area contributed by atoms with E-state index >= 15 is 0 Å². The Hall–Kier alpha value is -3.33. The van der Waals surface area contributed by atoms with Crippen LogP contribution in [0.25, 0.3) is 16.7 Å². The molecule has 0 atom stereocenters. The van der Waals surface area contributed by atoms with E-state index in [0.717, 1.165) is 34.9 Å². The normalized spacial score (nSPS) is 10.9. The van der Waals surface area contributed by atoms with Gasteiger partial charge in [-0.2, -0.15) is 8.75 Å². The molecule has 27 heavy (non-hydrogen) atoms. The zero-order valence-electron chi connectivity index (χ0n) is 14.5. The summed E-state index contributed by atoms with van der Waals surface area (Å²) in [6.07, 6.45) is 4.08. The zero-order chi connectivity index (χ0) is 18.6. The third-order valence-electron chi connectivity index (χ3n) is 4.05. The first-order chi connectivity index (χ1) is 13.2. The molecule has 4 rings (SSSR count). The van der Waals surface area contributed by atoms with Crippen LogP contribution in [0.15, 0.2) is 49.1 Å². The highest BCUT2D eigenvalue weighted by atomic mass is 32.1. The highest BCUT2D eigenvalue weighted by molar-refractivity contribution is 7.00. The van der Waals surface area contributed by atoms with E-state index in [1.54, 1.807) is 23.3 Å². The Balaban J connectivity index is 1.50. The van der Waals surface area contributed by atoms with E-state index in [2.05, 4.69) is 31.2 Å². The van der Waals surface area contributed by atoms with E-state index < -0.39 is 0 Å². The maximum Gasteiger partial charge on any atom is 0.262 e. The third kappa shape index (κ3) is 3.63. The lowest BCUT2D eigenvalue weighted by Crippen LogP contribution is -2.20. The Morgan fingerprint density at radius 3 is 2.85 bits per heavy atom. The molecule has 0 aliphatic rings. The number of rotatable bonds is 6. The molecule has 0 unspecified atom stereocenters. The van der Waals surface area contributed by atoms with Gasteiger partial charge in [-0.1, -0.05) is 19.1 Å². The van der Waals surface area contributed by atoms with Gasteiger partial charge in [0.25, 0.3) is 5.91 Å². The van der Waals surface area contributed by atoms with Gasteiger partial charge in [0.1, 0.15) is 29.4 Å². The standard InChI is InChI=1S/C18H16N6O2S/c1-2-12-6-7-16(15(8-12)24-10-19-20-11-24)26-9-17(25)21-13-4-3-5-14-18(13)23-27-22-14/h3-8,10-11H,2,9H2,1H3,(H,21,25). The van der Waals surface area contributed by atoms with Crippen LogP contribution in [0.5, 0.6) is 5.75 Å². The van der Waals surface area contributed by atoms with E-state index in [0.29, 0.717) is 17.0 Å². The van der Waals surface area contributed by atoms with E-state index in [4.69, 9.17) is 4.74 Å². The number of aromatic nitrogens is 5. The molecule has 2 heterocycles. The largest absolute Gasteiger partial charge is 0.482 e. The summed E-state index contributed by atoms with van der Waals surface area (Å²) >= 11 is 1.11. The molecule has 2 aromatic heterocycles. The summed E-state index contributed by atoms with van der Waals surface area (Å²) in [5.74, 6) is 0.306.